The summed E-state index contributed by atoms with van der Waals surface area (Å²) in [5.74, 6) is -1.40. The predicted octanol–water partition coefficient (Wildman–Crippen LogP) is 3.68. The van der Waals surface area contributed by atoms with E-state index >= 15 is 0 Å². The Hall–Kier alpha value is -2.10. The van der Waals surface area contributed by atoms with Gasteiger partial charge in [-0.3, -0.25) is 9.52 Å². The molecule has 0 atom stereocenters. The third-order valence-electron chi connectivity index (χ3n) is 3.93. The first-order valence-corrected chi connectivity index (χ1v) is 12.7. The number of sulfone groups is 1. The summed E-state index contributed by atoms with van der Waals surface area (Å²) in [4.78, 5) is 12.0. The number of rotatable bonds is 10. The van der Waals surface area contributed by atoms with Gasteiger partial charge in [-0.2, -0.15) is 0 Å². The lowest BCUT2D eigenvalue weighted by atomic mass is 10.3. The molecule has 2 aromatic rings. The van der Waals surface area contributed by atoms with E-state index < -0.39 is 31.5 Å². The van der Waals surface area contributed by atoms with Crippen molar-refractivity contribution in [1.82, 2.24) is 0 Å². The van der Waals surface area contributed by atoms with Crippen molar-refractivity contribution in [3.63, 3.8) is 0 Å². The molecule has 0 spiro atoms. The van der Waals surface area contributed by atoms with Gasteiger partial charge >= 0.3 is 0 Å². The summed E-state index contributed by atoms with van der Waals surface area (Å²) in [6, 6.07) is 11.7. The average Bonchev–Trinajstić information content (AvgIpc) is 2.63. The largest absolute Gasteiger partial charge is 0.325 e. The summed E-state index contributed by atoms with van der Waals surface area (Å²) in [5, 5.41) is 2.92. The van der Waals surface area contributed by atoms with Gasteiger partial charge in [0.2, 0.25) is 5.91 Å². The van der Waals surface area contributed by atoms with Crippen LogP contribution < -0.4 is 10.0 Å². The zero-order valence-electron chi connectivity index (χ0n) is 15.9. The molecular formula is C19H23ClN2O5S2. The third kappa shape index (κ3) is 7.68. The van der Waals surface area contributed by atoms with Crippen LogP contribution in [0.15, 0.2) is 53.4 Å². The highest BCUT2D eigenvalue weighted by Crippen LogP contribution is 2.20. The van der Waals surface area contributed by atoms with Gasteiger partial charge in [-0.05, 0) is 48.9 Å². The molecule has 2 rings (SSSR count). The normalized spacial score (nSPS) is 11.8. The van der Waals surface area contributed by atoms with E-state index in [1.165, 1.54) is 36.4 Å². The second-order valence-electron chi connectivity index (χ2n) is 6.49. The van der Waals surface area contributed by atoms with Crippen LogP contribution in [0.5, 0.6) is 0 Å². The first-order valence-electron chi connectivity index (χ1n) is 9.00. The Kier molecular flexibility index (Phi) is 8.06. The van der Waals surface area contributed by atoms with Crippen LogP contribution in [-0.4, -0.2) is 34.2 Å². The van der Waals surface area contributed by atoms with Gasteiger partial charge in [-0.1, -0.05) is 37.4 Å². The van der Waals surface area contributed by atoms with Crippen LogP contribution >= 0.6 is 11.6 Å². The summed E-state index contributed by atoms with van der Waals surface area (Å²) in [5.41, 5.74) is 0.528. The molecule has 0 heterocycles. The molecule has 10 heteroatoms. The molecule has 0 aliphatic carbocycles. The second kappa shape index (κ2) is 10.1. The van der Waals surface area contributed by atoms with Gasteiger partial charge in [-0.15, -0.1) is 0 Å². The van der Waals surface area contributed by atoms with E-state index in [4.69, 9.17) is 11.6 Å². The van der Waals surface area contributed by atoms with Gasteiger partial charge in [-0.25, -0.2) is 16.8 Å². The van der Waals surface area contributed by atoms with Crippen molar-refractivity contribution < 1.29 is 21.6 Å². The number of nitrogens with one attached hydrogen (secondary N) is 2. The highest BCUT2D eigenvalue weighted by Gasteiger charge is 2.18. The van der Waals surface area contributed by atoms with Crippen molar-refractivity contribution in [2.75, 3.05) is 21.5 Å². The Morgan fingerprint density at radius 1 is 0.966 bits per heavy atom. The Labute approximate surface area is 176 Å². The number of carbonyl (C=O) groups excluding carboxylic acids is 1. The minimum Gasteiger partial charge on any atom is -0.325 e. The number of hydrogen-bond acceptors (Lipinski definition) is 5. The fourth-order valence-corrected chi connectivity index (χ4v) is 5.00. The van der Waals surface area contributed by atoms with Gasteiger partial charge in [0, 0.05) is 16.4 Å². The maximum absolute atomic E-state index is 12.5. The fourth-order valence-electron chi connectivity index (χ4n) is 2.51. The topological polar surface area (TPSA) is 109 Å². The van der Waals surface area contributed by atoms with Crippen LogP contribution in [0.25, 0.3) is 0 Å². The minimum absolute atomic E-state index is 0.0479. The molecule has 0 aliphatic heterocycles. The van der Waals surface area contributed by atoms with Crippen molar-refractivity contribution in [3.8, 4) is 0 Å². The summed E-state index contributed by atoms with van der Waals surface area (Å²) < 4.78 is 51.5. The van der Waals surface area contributed by atoms with Gasteiger partial charge < -0.3 is 5.32 Å². The average molecular weight is 459 g/mol. The molecule has 0 unspecified atom stereocenters. The van der Waals surface area contributed by atoms with Gasteiger partial charge in [0.25, 0.3) is 10.0 Å². The van der Waals surface area contributed by atoms with Gasteiger partial charge in [0.05, 0.1) is 10.6 Å². The summed E-state index contributed by atoms with van der Waals surface area (Å²) in [7, 11) is -7.41. The SMILES string of the molecule is CCCCCS(=O)(=O)CC(=O)Nc1cccc(S(=O)(=O)Nc2ccc(Cl)cc2)c1. The van der Waals surface area contributed by atoms with E-state index in [0.29, 0.717) is 17.1 Å². The third-order valence-corrected chi connectivity index (χ3v) is 7.18. The molecular weight excluding hydrogens is 436 g/mol. The Morgan fingerprint density at radius 2 is 1.66 bits per heavy atom. The van der Waals surface area contributed by atoms with E-state index in [2.05, 4.69) is 10.0 Å². The van der Waals surface area contributed by atoms with E-state index in [0.717, 1.165) is 12.8 Å². The molecule has 0 saturated carbocycles. The first-order chi connectivity index (χ1) is 13.6. The Bertz CT molecular complexity index is 1050. The first kappa shape index (κ1) is 23.2. The number of hydrogen-bond donors (Lipinski definition) is 2. The van der Waals surface area contributed by atoms with Crippen LogP contribution in [0.3, 0.4) is 0 Å². The van der Waals surface area contributed by atoms with Crippen molar-refractivity contribution in [2.45, 2.75) is 31.1 Å². The molecule has 1 amide bonds. The molecule has 158 valence electrons. The number of unbranched alkanes of at least 4 members (excludes halogenated alkanes) is 2. The minimum atomic E-state index is -3.90. The van der Waals surface area contributed by atoms with E-state index in [1.807, 2.05) is 6.92 Å². The number of carbonyl (C=O) groups is 1. The number of benzene rings is 2. The molecule has 0 aromatic heterocycles. The van der Waals surface area contributed by atoms with E-state index in [1.54, 1.807) is 12.1 Å². The quantitative estimate of drug-likeness (QED) is 0.527. The van der Waals surface area contributed by atoms with Crippen LogP contribution in [0.4, 0.5) is 11.4 Å². The molecule has 0 aliphatic rings. The summed E-state index contributed by atoms with van der Waals surface area (Å²) in [6.07, 6.45) is 2.17. The molecule has 0 saturated heterocycles. The van der Waals surface area contributed by atoms with Crippen molar-refractivity contribution in [2.24, 2.45) is 0 Å². The molecule has 2 N–H and O–H groups in total. The number of sulfonamides is 1. The maximum Gasteiger partial charge on any atom is 0.261 e. The molecule has 0 bridgehead atoms. The highest BCUT2D eigenvalue weighted by molar-refractivity contribution is 7.92. The molecule has 29 heavy (non-hydrogen) atoms. The van der Waals surface area contributed by atoms with Crippen molar-refractivity contribution in [3.05, 3.63) is 53.6 Å². The monoisotopic (exact) mass is 458 g/mol. The zero-order chi connectivity index (χ0) is 21.5. The summed E-state index contributed by atoms with van der Waals surface area (Å²) in [6.45, 7) is 1.96. The Balaban J connectivity index is 2.06. The number of amides is 1. The lowest BCUT2D eigenvalue weighted by Gasteiger charge is -2.10. The predicted molar refractivity (Wildman–Crippen MR) is 116 cm³/mol. The molecule has 2 aromatic carbocycles. The standard InChI is InChI=1S/C19H23ClN2O5S2/c1-2-3-4-12-28(24,25)14-19(23)21-17-6-5-7-18(13-17)29(26,27)22-16-10-8-15(20)9-11-16/h5-11,13,22H,2-4,12,14H2,1H3,(H,21,23). The van der Waals surface area contributed by atoms with Crippen molar-refractivity contribution >= 4 is 48.7 Å². The molecule has 7 nitrogen and oxygen atoms in total. The summed E-state index contributed by atoms with van der Waals surface area (Å²) >= 11 is 5.79. The number of anilines is 2. The van der Waals surface area contributed by atoms with Gasteiger partial charge in [0.15, 0.2) is 9.84 Å². The van der Waals surface area contributed by atoms with E-state index in [9.17, 15) is 21.6 Å². The number of halogens is 1. The van der Waals surface area contributed by atoms with Crippen molar-refractivity contribution in [1.29, 1.82) is 0 Å². The maximum atomic E-state index is 12.5. The highest BCUT2D eigenvalue weighted by atomic mass is 35.5. The fraction of sp³-hybridized carbons (Fsp3) is 0.316. The molecule has 0 radical (unpaired) electrons. The van der Waals surface area contributed by atoms with Crippen LogP contribution in [0.1, 0.15) is 26.2 Å². The zero-order valence-corrected chi connectivity index (χ0v) is 18.3. The van der Waals surface area contributed by atoms with Crippen LogP contribution in [-0.2, 0) is 24.7 Å². The smallest absolute Gasteiger partial charge is 0.261 e. The Morgan fingerprint density at radius 3 is 2.31 bits per heavy atom. The molecule has 0 fully saturated rings. The lowest BCUT2D eigenvalue weighted by Crippen LogP contribution is -2.25. The van der Waals surface area contributed by atoms with E-state index in [-0.39, 0.29) is 16.3 Å². The van der Waals surface area contributed by atoms with Crippen LogP contribution in [0, 0.1) is 0 Å². The lowest BCUT2D eigenvalue weighted by molar-refractivity contribution is -0.113. The van der Waals surface area contributed by atoms with Gasteiger partial charge in [0.1, 0.15) is 5.75 Å². The van der Waals surface area contributed by atoms with Crippen LogP contribution in [0.2, 0.25) is 5.02 Å². The second-order valence-corrected chi connectivity index (χ2v) is 10.8.